The third kappa shape index (κ3) is 5.54. The molecule has 0 aliphatic carbocycles. The molecule has 0 unspecified atom stereocenters. The minimum atomic E-state index is -3.87. The van der Waals surface area contributed by atoms with E-state index in [1.54, 1.807) is 37.2 Å². The van der Waals surface area contributed by atoms with E-state index in [2.05, 4.69) is 33.8 Å². The first-order valence-electron chi connectivity index (χ1n) is 13.9. The smallest absolute Gasteiger partial charge is 0.281 e. The van der Waals surface area contributed by atoms with Crippen molar-refractivity contribution in [3.63, 3.8) is 0 Å². The fourth-order valence-electron chi connectivity index (χ4n) is 5.05. The Morgan fingerprint density at radius 2 is 1.81 bits per heavy atom. The van der Waals surface area contributed by atoms with Crippen molar-refractivity contribution < 1.29 is 17.9 Å². The Labute approximate surface area is 244 Å². The van der Waals surface area contributed by atoms with Crippen molar-refractivity contribution in [1.82, 2.24) is 38.5 Å². The van der Waals surface area contributed by atoms with Crippen LogP contribution in [0.25, 0.3) is 28.2 Å². The van der Waals surface area contributed by atoms with Gasteiger partial charge in [-0.3, -0.25) is 14.3 Å². The van der Waals surface area contributed by atoms with Crippen LogP contribution >= 0.6 is 0 Å². The topological polar surface area (TPSA) is 138 Å². The van der Waals surface area contributed by atoms with Crippen molar-refractivity contribution in [3.05, 3.63) is 52.7 Å². The number of hydrogen-bond donors (Lipinski definition) is 0. The van der Waals surface area contributed by atoms with Gasteiger partial charge < -0.3 is 9.47 Å². The number of hydrogen-bond acceptors (Lipinski definition) is 10. The molecule has 1 aliphatic heterocycles. The highest BCUT2D eigenvalue weighted by Gasteiger charge is 2.31. The number of ether oxygens (including phenoxy) is 2. The van der Waals surface area contributed by atoms with Crippen LogP contribution in [0.2, 0.25) is 0 Å². The van der Waals surface area contributed by atoms with E-state index in [-0.39, 0.29) is 39.8 Å². The molecular formula is C28H36N8O5S. The summed E-state index contributed by atoms with van der Waals surface area (Å²) in [4.78, 5) is 29.5. The Morgan fingerprint density at radius 3 is 2.45 bits per heavy atom. The third-order valence-corrected chi connectivity index (χ3v) is 9.30. The maximum atomic E-state index is 13.7. The average molecular weight is 597 g/mol. The molecule has 0 aromatic carbocycles. The maximum Gasteiger partial charge on any atom is 0.281 e. The lowest BCUT2D eigenvalue weighted by molar-refractivity contribution is 0.144. The molecule has 42 heavy (non-hydrogen) atoms. The number of fused-ring (bicyclic) bond motifs is 1. The van der Waals surface area contributed by atoms with Crippen LogP contribution in [0.15, 0.2) is 46.3 Å². The lowest BCUT2D eigenvalue weighted by Gasteiger charge is -2.36. The first-order chi connectivity index (χ1) is 20.2. The fraction of sp³-hybridized carbons (Fsp3) is 0.464. The van der Waals surface area contributed by atoms with E-state index in [9.17, 15) is 13.2 Å². The minimum absolute atomic E-state index is 0.00355. The van der Waals surface area contributed by atoms with Gasteiger partial charge >= 0.3 is 0 Å². The van der Waals surface area contributed by atoms with Crippen LogP contribution in [0.5, 0.6) is 5.88 Å². The van der Waals surface area contributed by atoms with Gasteiger partial charge in [0.1, 0.15) is 22.8 Å². The molecule has 5 heterocycles. The van der Waals surface area contributed by atoms with Gasteiger partial charge in [-0.1, -0.05) is 13.0 Å². The lowest BCUT2D eigenvalue weighted by Crippen LogP contribution is -2.50. The Balaban J connectivity index is 1.64. The van der Waals surface area contributed by atoms with Gasteiger partial charge in [0.15, 0.2) is 11.3 Å². The summed E-state index contributed by atoms with van der Waals surface area (Å²) >= 11 is 0. The van der Waals surface area contributed by atoms with Crippen LogP contribution < -0.4 is 10.3 Å². The number of aryl methyl sites for hydroxylation is 1. The summed E-state index contributed by atoms with van der Waals surface area (Å²) in [5, 5.41) is 4.56. The molecule has 0 N–H and O–H groups in total. The summed E-state index contributed by atoms with van der Waals surface area (Å²) in [7, 11) is -0.747. The molecule has 1 saturated heterocycles. The minimum Gasteiger partial charge on any atom is -0.475 e. The molecule has 13 nitrogen and oxygen atoms in total. The van der Waals surface area contributed by atoms with Crippen molar-refractivity contribution in [2.75, 3.05) is 46.5 Å². The molecule has 1 aliphatic rings. The van der Waals surface area contributed by atoms with Gasteiger partial charge in [0.2, 0.25) is 15.9 Å². The molecule has 224 valence electrons. The predicted octanol–water partition coefficient (Wildman–Crippen LogP) is 1.88. The van der Waals surface area contributed by atoms with Crippen LogP contribution in [-0.2, 0) is 28.2 Å². The molecule has 0 radical (unpaired) electrons. The number of rotatable bonds is 10. The van der Waals surface area contributed by atoms with E-state index < -0.39 is 10.0 Å². The second-order valence-corrected chi connectivity index (χ2v) is 12.2. The van der Waals surface area contributed by atoms with Crippen LogP contribution in [0.4, 0.5) is 0 Å². The highest BCUT2D eigenvalue weighted by atomic mass is 32.2. The van der Waals surface area contributed by atoms with E-state index in [0.717, 1.165) is 0 Å². The number of pyridine rings is 2. The van der Waals surface area contributed by atoms with E-state index in [1.165, 1.54) is 21.1 Å². The molecule has 1 fully saturated rings. The second-order valence-electron chi connectivity index (χ2n) is 10.3. The molecular weight excluding hydrogens is 560 g/mol. The molecule has 14 heteroatoms. The lowest BCUT2D eigenvalue weighted by atomic mass is 10.2. The Kier molecular flexibility index (Phi) is 8.68. The highest BCUT2D eigenvalue weighted by Crippen LogP contribution is 2.31. The first-order valence-corrected chi connectivity index (χ1v) is 15.4. The number of aromatic nitrogens is 6. The molecule has 0 bridgehead atoms. The summed E-state index contributed by atoms with van der Waals surface area (Å²) in [6, 6.07) is 7.27. The second kappa shape index (κ2) is 12.3. The summed E-state index contributed by atoms with van der Waals surface area (Å²) in [6.45, 7) is 8.64. The normalized spacial score (nSPS) is 15.1. The zero-order chi connectivity index (χ0) is 30.0. The molecule has 4 aromatic heterocycles. The molecule has 0 atom stereocenters. The molecule has 0 saturated carbocycles. The average Bonchev–Trinajstić information content (AvgIpc) is 3.38. The summed E-state index contributed by atoms with van der Waals surface area (Å²) in [5.74, 6) is 0.920. The number of nitrogens with zero attached hydrogens (tertiary/aromatic N) is 8. The van der Waals surface area contributed by atoms with Crippen molar-refractivity contribution >= 4 is 21.1 Å². The van der Waals surface area contributed by atoms with Gasteiger partial charge in [0.05, 0.1) is 24.1 Å². The van der Waals surface area contributed by atoms with Gasteiger partial charge in [-0.15, -0.1) is 0 Å². The molecule has 5 rings (SSSR count). The van der Waals surface area contributed by atoms with Gasteiger partial charge in [-0.25, -0.2) is 28.1 Å². The van der Waals surface area contributed by atoms with E-state index in [4.69, 9.17) is 14.5 Å². The fourth-order valence-corrected chi connectivity index (χ4v) is 6.44. The molecule has 0 spiro atoms. The first kappa shape index (κ1) is 29.8. The number of sulfonamides is 1. The summed E-state index contributed by atoms with van der Waals surface area (Å²) in [6.07, 6.45) is 3.48. The predicted molar refractivity (Wildman–Crippen MR) is 157 cm³/mol. The van der Waals surface area contributed by atoms with Crippen molar-refractivity contribution in [2.24, 2.45) is 7.05 Å². The van der Waals surface area contributed by atoms with Gasteiger partial charge in [0.25, 0.3) is 5.56 Å². The molecule has 4 aromatic rings. The Hall–Kier alpha value is -3.72. The van der Waals surface area contributed by atoms with Gasteiger partial charge in [0, 0.05) is 52.6 Å². The third-order valence-electron chi connectivity index (χ3n) is 7.43. The number of piperazine rings is 1. The van der Waals surface area contributed by atoms with E-state index in [1.807, 2.05) is 13.0 Å². The van der Waals surface area contributed by atoms with Gasteiger partial charge in [-0.2, -0.15) is 9.40 Å². The van der Waals surface area contributed by atoms with Crippen molar-refractivity contribution in [3.8, 4) is 23.1 Å². The van der Waals surface area contributed by atoms with Crippen molar-refractivity contribution in [1.29, 1.82) is 0 Å². The van der Waals surface area contributed by atoms with Crippen molar-refractivity contribution in [2.45, 2.75) is 38.1 Å². The van der Waals surface area contributed by atoms with Crippen LogP contribution in [0.1, 0.15) is 26.5 Å². The van der Waals surface area contributed by atoms with E-state index >= 15 is 0 Å². The molecule has 0 amide bonds. The van der Waals surface area contributed by atoms with Gasteiger partial charge in [-0.05, 0) is 38.5 Å². The Morgan fingerprint density at radius 1 is 1.05 bits per heavy atom. The quantitative estimate of drug-likeness (QED) is 0.250. The van der Waals surface area contributed by atoms with Crippen LogP contribution in [0.3, 0.4) is 0 Å². The Bertz CT molecular complexity index is 1730. The van der Waals surface area contributed by atoms with E-state index in [0.29, 0.717) is 62.3 Å². The van der Waals surface area contributed by atoms with Crippen LogP contribution in [0, 0.1) is 0 Å². The standard InChI is InChI=1S/C28H36N8O5S/c1-6-22-24-25(32-36(22)23-9-7-8-10-29-23)28(37)33(4)26(31-24)21-17-20(18-30-27(21)41-16-15-40-5)42(38,39)35-13-11-34(12-14-35)19(2)3/h7-10,17-19H,6,11-16H2,1-5H3. The van der Waals surface area contributed by atoms with Crippen LogP contribution in [-0.4, -0.2) is 99.5 Å². The summed E-state index contributed by atoms with van der Waals surface area (Å²) < 4.78 is 42.9. The number of methoxy groups -OCH3 is 1. The highest BCUT2D eigenvalue weighted by molar-refractivity contribution is 7.89. The SMILES string of the molecule is CCc1c2nc(-c3cc(S(=O)(=O)N4CCN(C(C)C)CC4)cnc3OCCOC)n(C)c(=O)c2nn1-c1ccccn1. The summed E-state index contributed by atoms with van der Waals surface area (Å²) in [5.41, 5.74) is 1.18. The monoisotopic (exact) mass is 596 g/mol. The zero-order valence-electron chi connectivity index (χ0n) is 24.5. The largest absolute Gasteiger partial charge is 0.475 e. The maximum absolute atomic E-state index is 13.7. The zero-order valence-corrected chi connectivity index (χ0v) is 25.3.